The van der Waals surface area contributed by atoms with Crippen LogP contribution in [-0.2, 0) is 11.3 Å². The van der Waals surface area contributed by atoms with Crippen LogP contribution in [0.4, 0.5) is 5.69 Å². The van der Waals surface area contributed by atoms with Crippen molar-refractivity contribution in [2.24, 2.45) is 0 Å². The van der Waals surface area contributed by atoms with Crippen LogP contribution in [-0.4, -0.2) is 21.5 Å². The summed E-state index contributed by atoms with van der Waals surface area (Å²) in [6.07, 6.45) is 0. The highest BCUT2D eigenvalue weighted by atomic mass is 32.2. The number of hydrogen-bond donors (Lipinski definition) is 0. The first-order chi connectivity index (χ1) is 15.0. The number of rotatable bonds is 4. The molecule has 0 aliphatic carbocycles. The number of thioether (sulfide) groups is 1. The molecule has 0 unspecified atom stereocenters. The van der Waals surface area contributed by atoms with Crippen molar-refractivity contribution in [3.05, 3.63) is 93.6 Å². The number of amides is 2. The van der Waals surface area contributed by atoms with Gasteiger partial charge in [-0.2, -0.15) is 0 Å². The number of carbonyl (C=O) groups excluding carboxylic acids is 3. The molecular formula is C23H14N2O4S2. The smallest absolute Gasteiger partial charge is 0.290 e. The second-order valence-corrected chi connectivity index (χ2v) is 9.01. The summed E-state index contributed by atoms with van der Waals surface area (Å²) in [6.45, 7) is -0.0341. The number of anilines is 1. The molecule has 0 saturated heterocycles. The molecule has 0 spiro atoms. The summed E-state index contributed by atoms with van der Waals surface area (Å²) >= 11 is 2.13. The molecule has 6 nitrogen and oxygen atoms in total. The maximum Gasteiger partial charge on any atom is 0.308 e. The monoisotopic (exact) mass is 446 g/mol. The van der Waals surface area contributed by atoms with Crippen molar-refractivity contribution >= 4 is 55.9 Å². The fourth-order valence-electron chi connectivity index (χ4n) is 3.54. The molecule has 0 N–H and O–H groups in total. The van der Waals surface area contributed by atoms with Crippen LogP contribution in [0.1, 0.15) is 20.7 Å². The number of fused-ring (bicyclic) bond motifs is 2. The van der Waals surface area contributed by atoms with E-state index in [2.05, 4.69) is 0 Å². The third-order valence-corrected chi connectivity index (χ3v) is 6.81. The first-order valence-electron chi connectivity index (χ1n) is 9.40. The molecule has 0 saturated carbocycles. The first kappa shape index (κ1) is 19.5. The quantitative estimate of drug-likeness (QED) is 0.347. The summed E-state index contributed by atoms with van der Waals surface area (Å²) in [5, 5.41) is -0.181. The highest BCUT2D eigenvalue weighted by molar-refractivity contribution is 8.13. The minimum absolute atomic E-state index is 0.0341. The van der Waals surface area contributed by atoms with E-state index >= 15 is 0 Å². The molecule has 2 amide bonds. The normalized spacial score (nSPS) is 13.1. The van der Waals surface area contributed by atoms with E-state index in [1.807, 2.05) is 24.3 Å². The highest BCUT2D eigenvalue weighted by Gasteiger charge is 2.36. The molecule has 31 heavy (non-hydrogen) atoms. The number of nitrogens with zero attached hydrogens (tertiary/aromatic N) is 2. The van der Waals surface area contributed by atoms with Crippen LogP contribution >= 0.6 is 23.1 Å². The maximum atomic E-state index is 12.6. The van der Waals surface area contributed by atoms with Crippen molar-refractivity contribution in [1.29, 1.82) is 0 Å². The lowest BCUT2D eigenvalue weighted by molar-refractivity contribution is -0.111. The Hall–Kier alpha value is -3.49. The van der Waals surface area contributed by atoms with Crippen molar-refractivity contribution in [3.8, 4) is 0 Å². The zero-order chi connectivity index (χ0) is 21.5. The van der Waals surface area contributed by atoms with Crippen LogP contribution in [0, 0.1) is 0 Å². The maximum absolute atomic E-state index is 12.6. The molecular weight excluding hydrogens is 432 g/mol. The SMILES string of the molecule is O=C(Cn1c(=O)sc2ccccc21)Sc1ccc(N2C(=O)c3ccccc3C2=O)cc1. The van der Waals surface area contributed by atoms with Gasteiger partial charge in [-0.15, -0.1) is 0 Å². The van der Waals surface area contributed by atoms with Crippen LogP contribution in [0.5, 0.6) is 0 Å². The summed E-state index contributed by atoms with van der Waals surface area (Å²) in [5.74, 6) is -0.721. The minimum atomic E-state index is -0.360. The fourth-order valence-corrected chi connectivity index (χ4v) is 5.16. The van der Waals surface area contributed by atoms with Crippen molar-refractivity contribution in [3.63, 3.8) is 0 Å². The number of imide groups is 1. The lowest BCUT2D eigenvalue weighted by Gasteiger charge is -2.14. The average molecular weight is 447 g/mol. The van der Waals surface area contributed by atoms with Crippen molar-refractivity contribution < 1.29 is 14.4 Å². The molecule has 0 atom stereocenters. The molecule has 4 aromatic rings. The van der Waals surface area contributed by atoms with Gasteiger partial charge in [0.15, 0.2) is 0 Å². The van der Waals surface area contributed by atoms with Gasteiger partial charge in [-0.3, -0.25) is 23.7 Å². The average Bonchev–Trinajstić information content (AvgIpc) is 3.22. The highest BCUT2D eigenvalue weighted by Crippen LogP contribution is 2.30. The standard InChI is InChI=1S/C23H14N2O4S2/c26-20(13-24-18-7-3-4-8-19(18)31-23(24)29)30-15-11-9-14(10-12-15)25-21(27)16-5-1-2-6-17(16)22(25)28/h1-12H,13H2. The van der Waals surface area contributed by atoms with Gasteiger partial charge in [-0.25, -0.2) is 4.90 Å². The van der Waals surface area contributed by atoms with Crippen molar-refractivity contribution in [1.82, 2.24) is 4.57 Å². The van der Waals surface area contributed by atoms with Crippen LogP contribution < -0.4 is 9.77 Å². The summed E-state index contributed by atoms with van der Waals surface area (Å²) < 4.78 is 2.32. The predicted molar refractivity (Wildman–Crippen MR) is 121 cm³/mol. The van der Waals surface area contributed by atoms with E-state index in [0.717, 1.165) is 38.2 Å². The number of aromatic nitrogens is 1. The third kappa shape index (κ3) is 3.39. The third-order valence-electron chi connectivity index (χ3n) is 4.98. The topological polar surface area (TPSA) is 76.5 Å². The summed E-state index contributed by atoms with van der Waals surface area (Å²) in [5.41, 5.74) is 1.96. The molecule has 0 fully saturated rings. The van der Waals surface area contributed by atoms with Gasteiger partial charge in [0, 0.05) is 4.90 Å². The molecule has 1 aliphatic rings. The van der Waals surface area contributed by atoms with E-state index in [4.69, 9.17) is 0 Å². The second kappa shape index (κ2) is 7.64. The Balaban J connectivity index is 1.32. The number of hydrogen-bond acceptors (Lipinski definition) is 6. The van der Waals surface area contributed by atoms with Gasteiger partial charge in [0.2, 0.25) is 5.12 Å². The summed E-state index contributed by atoms with van der Waals surface area (Å²) in [6, 6.07) is 20.7. The first-order valence-corrected chi connectivity index (χ1v) is 11.0. The molecule has 5 rings (SSSR count). The number of para-hydroxylation sites is 1. The molecule has 1 aliphatic heterocycles. The van der Waals surface area contributed by atoms with Crippen molar-refractivity contribution in [2.75, 3.05) is 4.90 Å². The Kier molecular flexibility index (Phi) is 4.80. The molecule has 8 heteroatoms. The van der Waals surface area contributed by atoms with Crippen LogP contribution in [0.15, 0.2) is 82.5 Å². The van der Waals surface area contributed by atoms with E-state index in [-0.39, 0.29) is 28.3 Å². The van der Waals surface area contributed by atoms with Gasteiger partial charge >= 0.3 is 4.87 Å². The van der Waals surface area contributed by atoms with Crippen LogP contribution in [0.25, 0.3) is 10.2 Å². The Morgan fingerprint density at radius 3 is 2.10 bits per heavy atom. The predicted octanol–water partition coefficient (Wildman–Crippen LogP) is 4.18. The second-order valence-electron chi connectivity index (χ2n) is 6.88. The zero-order valence-electron chi connectivity index (χ0n) is 16.0. The van der Waals surface area contributed by atoms with Gasteiger partial charge in [-0.05, 0) is 48.5 Å². The lowest BCUT2D eigenvalue weighted by atomic mass is 10.1. The number of thiazole rings is 1. The van der Waals surface area contributed by atoms with E-state index in [1.54, 1.807) is 48.5 Å². The van der Waals surface area contributed by atoms with Gasteiger partial charge in [0.25, 0.3) is 11.8 Å². The molecule has 0 radical (unpaired) electrons. The number of carbonyl (C=O) groups is 3. The Labute approximate surface area is 184 Å². The van der Waals surface area contributed by atoms with Gasteiger partial charge in [-0.1, -0.05) is 47.4 Å². The lowest BCUT2D eigenvalue weighted by Crippen LogP contribution is -2.29. The number of benzene rings is 3. The Morgan fingerprint density at radius 1 is 0.806 bits per heavy atom. The molecule has 152 valence electrons. The van der Waals surface area contributed by atoms with Gasteiger partial charge in [0.1, 0.15) is 0 Å². The summed E-state index contributed by atoms with van der Waals surface area (Å²) in [7, 11) is 0. The van der Waals surface area contributed by atoms with Gasteiger partial charge < -0.3 is 0 Å². The molecule has 0 bridgehead atoms. The van der Waals surface area contributed by atoms with Gasteiger partial charge in [0.05, 0.1) is 33.6 Å². The minimum Gasteiger partial charge on any atom is -0.290 e. The fraction of sp³-hybridized carbons (Fsp3) is 0.0435. The van der Waals surface area contributed by atoms with E-state index < -0.39 is 0 Å². The summed E-state index contributed by atoms with van der Waals surface area (Å²) in [4.78, 5) is 51.6. The van der Waals surface area contributed by atoms with E-state index in [9.17, 15) is 19.2 Å². The van der Waals surface area contributed by atoms with Crippen LogP contribution in [0.2, 0.25) is 0 Å². The van der Waals surface area contributed by atoms with E-state index in [0.29, 0.717) is 21.7 Å². The van der Waals surface area contributed by atoms with Crippen LogP contribution in [0.3, 0.4) is 0 Å². The zero-order valence-corrected chi connectivity index (χ0v) is 17.6. The van der Waals surface area contributed by atoms with E-state index in [1.165, 1.54) is 4.57 Å². The largest absolute Gasteiger partial charge is 0.308 e. The Morgan fingerprint density at radius 2 is 1.42 bits per heavy atom. The Bertz CT molecular complexity index is 1380. The van der Waals surface area contributed by atoms with Crippen molar-refractivity contribution in [2.45, 2.75) is 11.4 Å². The molecule has 3 aromatic carbocycles. The molecule has 1 aromatic heterocycles. The molecule has 2 heterocycles.